The number of hydrogen-bond donors (Lipinski definition) is 0. The Morgan fingerprint density at radius 1 is 0.538 bits per heavy atom. The molecule has 3 rings (SSSR count). The summed E-state index contributed by atoms with van der Waals surface area (Å²) in [4.78, 5) is 43.8. The first kappa shape index (κ1) is 29.6. The first-order chi connectivity index (χ1) is 18.5. The molecule has 0 aromatic heterocycles. The Morgan fingerprint density at radius 2 is 0.795 bits per heavy atom. The Morgan fingerprint density at radius 3 is 1.03 bits per heavy atom. The minimum absolute atomic E-state index is 0.0778. The summed E-state index contributed by atoms with van der Waals surface area (Å²) in [7, 11) is 0. The fourth-order valence-corrected chi connectivity index (χ4v) is 4.51. The molecule has 0 bridgehead atoms. The number of para-hydroxylation sites is 3. The molecule has 0 fully saturated rings. The number of hydrogen-bond acceptors (Lipinski definition) is 6. The van der Waals surface area contributed by atoms with Crippen LogP contribution in [0.15, 0.2) is 72.8 Å². The first-order valence-electron chi connectivity index (χ1n) is 13.4. The molecule has 39 heavy (non-hydrogen) atoms. The van der Waals surface area contributed by atoms with Gasteiger partial charge in [-0.25, -0.2) is 0 Å². The van der Waals surface area contributed by atoms with Gasteiger partial charge in [-0.15, -0.1) is 0 Å². The van der Waals surface area contributed by atoms with Crippen LogP contribution in [0.1, 0.15) is 86.0 Å². The standard InChI is InChI=1S/C33H38O6/c1-8-33(30(34)24-15-9-12-18-27(24)37-21(2)3,31(35)25-16-10-13-19-28(25)38-22(4)5)32(36)26-17-11-14-20-29(26)39-23(6)7/h9-23H,8H2,1-7H3. The SMILES string of the molecule is CCC(C(=O)c1ccccc1OC(C)C)(C(=O)c1ccccc1OC(C)C)C(=O)c1ccccc1OC(C)C. The number of carbonyl (C=O) groups excluding carboxylic acids is 3. The molecule has 6 nitrogen and oxygen atoms in total. The van der Waals surface area contributed by atoms with Gasteiger partial charge in [0.2, 0.25) is 0 Å². The highest BCUT2D eigenvalue weighted by atomic mass is 16.5. The average Bonchev–Trinajstić information content (AvgIpc) is 2.89. The first-order valence-corrected chi connectivity index (χ1v) is 13.4. The molecule has 0 N–H and O–H groups in total. The zero-order chi connectivity index (χ0) is 28.7. The Kier molecular flexibility index (Phi) is 9.68. The highest BCUT2D eigenvalue weighted by Gasteiger charge is 2.53. The number of Topliss-reactive ketones (excluding diaryl/α,β-unsaturated/α-hetero) is 3. The van der Waals surface area contributed by atoms with Crippen LogP contribution < -0.4 is 14.2 Å². The van der Waals surface area contributed by atoms with Crippen LogP contribution in [0.4, 0.5) is 0 Å². The van der Waals surface area contributed by atoms with E-state index in [-0.39, 0.29) is 41.4 Å². The van der Waals surface area contributed by atoms with Crippen LogP contribution in [0.3, 0.4) is 0 Å². The molecule has 0 radical (unpaired) electrons. The molecule has 0 heterocycles. The van der Waals surface area contributed by atoms with Gasteiger partial charge in [-0.1, -0.05) is 43.3 Å². The minimum atomic E-state index is -2.09. The maximum atomic E-state index is 14.6. The fourth-order valence-electron chi connectivity index (χ4n) is 4.51. The summed E-state index contributed by atoms with van der Waals surface area (Å²) < 4.78 is 17.8. The third-order valence-corrected chi connectivity index (χ3v) is 6.18. The molecule has 0 aliphatic heterocycles. The van der Waals surface area contributed by atoms with E-state index in [1.807, 2.05) is 41.5 Å². The van der Waals surface area contributed by atoms with Gasteiger partial charge in [-0.2, -0.15) is 0 Å². The number of ether oxygens (including phenoxy) is 3. The maximum Gasteiger partial charge on any atom is 0.188 e. The molecule has 3 aromatic rings. The van der Waals surface area contributed by atoms with E-state index in [1.165, 1.54) is 0 Å². The lowest BCUT2D eigenvalue weighted by atomic mass is 9.67. The molecule has 206 valence electrons. The zero-order valence-electron chi connectivity index (χ0n) is 23.8. The normalized spacial score (nSPS) is 11.5. The predicted molar refractivity (Wildman–Crippen MR) is 152 cm³/mol. The van der Waals surface area contributed by atoms with Gasteiger partial charge >= 0.3 is 0 Å². The third-order valence-electron chi connectivity index (χ3n) is 6.18. The van der Waals surface area contributed by atoms with Crippen molar-refractivity contribution in [2.45, 2.75) is 73.2 Å². The van der Waals surface area contributed by atoms with Crippen LogP contribution >= 0.6 is 0 Å². The molecular weight excluding hydrogens is 492 g/mol. The molecule has 6 heteroatoms. The monoisotopic (exact) mass is 530 g/mol. The van der Waals surface area contributed by atoms with Crippen molar-refractivity contribution in [3.63, 3.8) is 0 Å². The molecule has 0 amide bonds. The van der Waals surface area contributed by atoms with Crippen LogP contribution in [0, 0.1) is 5.41 Å². The van der Waals surface area contributed by atoms with Crippen molar-refractivity contribution < 1.29 is 28.6 Å². The molecule has 0 spiro atoms. The van der Waals surface area contributed by atoms with E-state index in [4.69, 9.17) is 14.2 Å². The maximum absolute atomic E-state index is 14.6. The molecular formula is C33H38O6. The summed E-state index contributed by atoms with van der Waals surface area (Å²) in [6.45, 7) is 12.8. The quantitative estimate of drug-likeness (QED) is 0.169. The lowest BCUT2D eigenvalue weighted by Gasteiger charge is -2.31. The Bertz CT molecular complexity index is 1160. The zero-order valence-corrected chi connectivity index (χ0v) is 23.8. The number of benzene rings is 3. The highest BCUT2D eigenvalue weighted by Crippen LogP contribution is 2.41. The smallest absolute Gasteiger partial charge is 0.188 e. The van der Waals surface area contributed by atoms with Crippen LogP contribution in [0.25, 0.3) is 0 Å². The van der Waals surface area contributed by atoms with E-state index in [9.17, 15) is 14.4 Å². The summed E-state index contributed by atoms with van der Waals surface area (Å²) in [5.41, 5.74) is -1.60. The Balaban J connectivity index is 2.32. The fraction of sp³-hybridized carbons (Fsp3) is 0.364. The van der Waals surface area contributed by atoms with Gasteiger partial charge in [-0.3, -0.25) is 14.4 Å². The van der Waals surface area contributed by atoms with Gasteiger partial charge in [0.1, 0.15) is 17.2 Å². The number of ketones is 3. The summed E-state index contributed by atoms with van der Waals surface area (Å²) in [6, 6.07) is 20.2. The lowest BCUT2D eigenvalue weighted by Crippen LogP contribution is -2.46. The predicted octanol–water partition coefficient (Wildman–Crippen LogP) is 7.39. The average molecular weight is 531 g/mol. The van der Waals surface area contributed by atoms with Crippen molar-refractivity contribution in [1.82, 2.24) is 0 Å². The van der Waals surface area contributed by atoms with Crippen molar-refractivity contribution >= 4 is 17.3 Å². The van der Waals surface area contributed by atoms with Gasteiger partial charge in [-0.05, 0) is 84.4 Å². The molecule has 0 aliphatic carbocycles. The van der Waals surface area contributed by atoms with Crippen LogP contribution in [-0.2, 0) is 0 Å². The van der Waals surface area contributed by atoms with Gasteiger partial charge in [0.25, 0.3) is 0 Å². The van der Waals surface area contributed by atoms with Gasteiger partial charge in [0.15, 0.2) is 22.8 Å². The second-order valence-electron chi connectivity index (χ2n) is 10.2. The Labute approximate surface area is 231 Å². The summed E-state index contributed by atoms with van der Waals surface area (Å²) in [6.07, 6.45) is -0.740. The van der Waals surface area contributed by atoms with Crippen LogP contribution in [0.2, 0.25) is 0 Å². The topological polar surface area (TPSA) is 78.9 Å². The number of carbonyl (C=O) groups is 3. The largest absolute Gasteiger partial charge is 0.490 e. The lowest BCUT2D eigenvalue weighted by molar-refractivity contribution is 0.0576. The highest BCUT2D eigenvalue weighted by molar-refractivity contribution is 6.36. The summed E-state index contributed by atoms with van der Waals surface area (Å²) in [5, 5.41) is 0. The molecule has 3 aromatic carbocycles. The van der Waals surface area contributed by atoms with E-state index in [0.717, 1.165) is 0 Å². The van der Waals surface area contributed by atoms with Crippen LogP contribution in [-0.4, -0.2) is 35.7 Å². The molecule has 0 unspecified atom stereocenters. The molecule has 0 atom stereocenters. The van der Waals surface area contributed by atoms with Crippen molar-refractivity contribution in [2.75, 3.05) is 0 Å². The third kappa shape index (κ3) is 6.39. The minimum Gasteiger partial charge on any atom is -0.490 e. The summed E-state index contributed by atoms with van der Waals surface area (Å²) >= 11 is 0. The van der Waals surface area contributed by atoms with Crippen molar-refractivity contribution in [3.05, 3.63) is 89.5 Å². The molecule has 0 saturated carbocycles. The van der Waals surface area contributed by atoms with E-state index >= 15 is 0 Å². The second kappa shape index (κ2) is 12.7. The van der Waals surface area contributed by atoms with E-state index in [0.29, 0.717) is 17.2 Å². The van der Waals surface area contributed by atoms with Gasteiger partial charge in [0.05, 0.1) is 35.0 Å². The van der Waals surface area contributed by atoms with Crippen LogP contribution in [0.5, 0.6) is 17.2 Å². The molecule has 0 saturated heterocycles. The summed E-state index contributed by atoms with van der Waals surface area (Å²) in [5.74, 6) is -0.946. The van der Waals surface area contributed by atoms with Gasteiger partial charge in [0, 0.05) is 0 Å². The van der Waals surface area contributed by atoms with Crippen molar-refractivity contribution in [3.8, 4) is 17.2 Å². The van der Waals surface area contributed by atoms with E-state index in [1.54, 1.807) is 79.7 Å². The number of rotatable bonds is 13. The van der Waals surface area contributed by atoms with Gasteiger partial charge < -0.3 is 14.2 Å². The van der Waals surface area contributed by atoms with E-state index in [2.05, 4.69) is 0 Å². The second-order valence-corrected chi connectivity index (χ2v) is 10.2. The Hall–Kier alpha value is -3.93. The van der Waals surface area contributed by atoms with Crippen molar-refractivity contribution in [2.24, 2.45) is 5.41 Å². The van der Waals surface area contributed by atoms with E-state index < -0.39 is 22.8 Å². The molecule has 0 aliphatic rings. The van der Waals surface area contributed by atoms with Crippen molar-refractivity contribution in [1.29, 1.82) is 0 Å².